The smallest absolute Gasteiger partial charge is 0.261 e. The summed E-state index contributed by atoms with van der Waals surface area (Å²) in [6.45, 7) is 2.59. The lowest BCUT2D eigenvalue weighted by atomic mass is 10.1. The molecule has 1 N–H and O–H groups in total. The molecule has 1 unspecified atom stereocenters. The van der Waals surface area contributed by atoms with E-state index in [0.717, 1.165) is 17.4 Å². The molecule has 1 atom stereocenters. The van der Waals surface area contributed by atoms with Gasteiger partial charge in [0.1, 0.15) is 5.75 Å². The number of fused-ring (bicyclic) bond motifs is 1. The molecule has 0 saturated heterocycles. The van der Waals surface area contributed by atoms with Crippen LogP contribution in [0.3, 0.4) is 0 Å². The Morgan fingerprint density at radius 2 is 2.00 bits per heavy atom. The van der Waals surface area contributed by atoms with Gasteiger partial charge in [-0.05, 0) is 24.6 Å². The number of ether oxygens (including phenoxy) is 1. The van der Waals surface area contributed by atoms with E-state index in [1.54, 1.807) is 24.3 Å². The third-order valence-corrected chi connectivity index (χ3v) is 5.42. The average Bonchev–Trinajstić information content (AvgIpc) is 2.79. The van der Waals surface area contributed by atoms with Gasteiger partial charge in [-0.2, -0.15) is 0 Å². The predicted molar refractivity (Wildman–Crippen MR) is 101 cm³/mol. The number of carbonyl (C=O) groups is 1. The fourth-order valence-corrected chi connectivity index (χ4v) is 3.93. The lowest BCUT2D eigenvalue weighted by molar-refractivity contribution is -0.128. The van der Waals surface area contributed by atoms with E-state index in [1.807, 2.05) is 31.2 Å². The Labute approximate surface area is 153 Å². The Morgan fingerprint density at radius 3 is 2.73 bits per heavy atom. The number of para-hydroxylation sites is 2. The normalized spacial score (nSPS) is 17.0. The molecule has 2 aromatic carbocycles. The minimum atomic E-state index is -3.45. The number of carbonyl (C=O) groups excluding carboxylic acids is 1. The third-order valence-electron chi connectivity index (χ3n) is 4.24. The number of amides is 1. The summed E-state index contributed by atoms with van der Waals surface area (Å²) in [6, 6.07) is 14.8. The first kappa shape index (κ1) is 18.3. The highest BCUT2D eigenvalue weighted by Crippen LogP contribution is 2.33. The van der Waals surface area contributed by atoms with Gasteiger partial charge in [-0.1, -0.05) is 42.0 Å². The van der Waals surface area contributed by atoms with Crippen LogP contribution >= 0.6 is 0 Å². The predicted octanol–water partition coefficient (Wildman–Crippen LogP) is 2.23. The van der Waals surface area contributed by atoms with E-state index in [9.17, 15) is 13.2 Å². The Kier molecular flexibility index (Phi) is 5.18. The first-order valence-corrected chi connectivity index (χ1v) is 10.3. The highest BCUT2D eigenvalue weighted by atomic mass is 32.2. The van der Waals surface area contributed by atoms with Crippen LogP contribution in [0.25, 0.3) is 0 Å². The summed E-state index contributed by atoms with van der Waals surface area (Å²) in [6.07, 6.45) is 0.691. The molecule has 6 nitrogen and oxygen atoms in total. The fourth-order valence-electron chi connectivity index (χ4n) is 2.98. The van der Waals surface area contributed by atoms with Gasteiger partial charge in [0.25, 0.3) is 5.91 Å². The van der Waals surface area contributed by atoms with Crippen molar-refractivity contribution in [1.82, 2.24) is 5.32 Å². The van der Waals surface area contributed by atoms with Gasteiger partial charge in [0.15, 0.2) is 6.10 Å². The van der Waals surface area contributed by atoms with Gasteiger partial charge >= 0.3 is 0 Å². The maximum Gasteiger partial charge on any atom is 0.261 e. The van der Waals surface area contributed by atoms with Crippen LogP contribution in [0.1, 0.15) is 17.5 Å². The molecule has 0 bridgehead atoms. The number of nitrogens with zero attached hydrogens (tertiary/aromatic N) is 1. The second-order valence-corrected chi connectivity index (χ2v) is 8.31. The van der Waals surface area contributed by atoms with Gasteiger partial charge in [-0.3, -0.25) is 9.10 Å². The van der Waals surface area contributed by atoms with E-state index in [-0.39, 0.29) is 18.9 Å². The van der Waals surface area contributed by atoms with Gasteiger partial charge in [0, 0.05) is 19.5 Å². The number of sulfonamides is 1. The average molecular weight is 374 g/mol. The second-order valence-electron chi connectivity index (χ2n) is 6.40. The third kappa shape index (κ3) is 4.16. The van der Waals surface area contributed by atoms with E-state index >= 15 is 0 Å². The minimum absolute atomic E-state index is 0.193. The summed E-state index contributed by atoms with van der Waals surface area (Å²) in [5, 5.41) is 2.88. The van der Waals surface area contributed by atoms with Crippen molar-refractivity contribution in [2.24, 2.45) is 0 Å². The number of anilines is 1. The highest BCUT2D eigenvalue weighted by Gasteiger charge is 2.30. The van der Waals surface area contributed by atoms with Crippen LogP contribution in [-0.4, -0.2) is 33.2 Å². The number of hydrogen-bond donors (Lipinski definition) is 1. The lowest BCUT2D eigenvalue weighted by Crippen LogP contribution is -2.39. The summed E-state index contributed by atoms with van der Waals surface area (Å²) in [7, 11) is -3.45. The minimum Gasteiger partial charge on any atom is -0.478 e. The Bertz CT molecular complexity index is 911. The summed E-state index contributed by atoms with van der Waals surface area (Å²) < 4.78 is 31.3. The zero-order chi connectivity index (χ0) is 18.7. The van der Waals surface area contributed by atoms with Gasteiger partial charge in [-0.25, -0.2) is 8.42 Å². The number of benzene rings is 2. The first-order chi connectivity index (χ1) is 12.3. The van der Waals surface area contributed by atoms with Gasteiger partial charge in [0.05, 0.1) is 11.9 Å². The van der Waals surface area contributed by atoms with Crippen LogP contribution in [-0.2, 0) is 21.4 Å². The number of nitrogens with one attached hydrogen (secondary N) is 1. The Morgan fingerprint density at radius 1 is 1.23 bits per heavy atom. The molecule has 1 heterocycles. The van der Waals surface area contributed by atoms with Crippen molar-refractivity contribution in [3.05, 3.63) is 59.7 Å². The molecule has 3 rings (SSSR count). The number of hydrogen-bond acceptors (Lipinski definition) is 4. The van der Waals surface area contributed by atoms with Crippen LogP contribution in [0.5, 0.6) is 5.75 Å². The van der Waals surface area contributed by atoms with Crippen LogP contribution in [0.4, 0.5) is 5.69 Å². The van der Waals surface area contributed by atoms with Crippen molar-refractivity contribution in [2.75, 3.05) is 17.1 Å². The number of aryl methyl sites for hydroxylation is 1. The monoisotopic (exact) mass is 374 g/mol. The molecule has 138 valence electrons. The SMILES string of the molecule is Cc1cccc(CNC(=O)C2CCN(S(C)(=O)=O)c3ccccc3O2)c1. The lowest BCUT2D eigenvalue weighted by Gasteiger charge is -2.20. The Balaban J connectivity index is 1.75. The largest absolute Gasteiger partial charge is 0.478 e. The quantitative estimate of drug-likeness (QED) is 0.890. The maximum absolute atomic E-state index is 12.6. The molecule has 2 aromatic rings. The van der Waals surface area contributed by atoms with E-state index < -0.39 is 16.1 Å². The van der Waals surface area contributed by atoms with Crippen LogP contribution in [0, 0.1) is 6.92 Å². The molecule has 0 saturated carbocycles. The van der Waals surface area contributed by atoms with E-state index in [1.165, 1.54) is 4.31 Å². The molecule has 0 aromatic heterocycles. The molecule has 0 aliphatic carbocycles. The molecule has 1 aliphatic heterocycles. The maximum atomic E-state index is 12.6. The van der Waals surface area contributed by atoms with E-state index in [2.05, 4.69) is 5.32 Å². The zero-order valence-corrected chi connectivity index (χ0v) is 15.6. The summed E-state index contributed by atoms with van der Waals surface area (Å²) >= 11 is 0. The first-order valence-electron chi connectivity index (χ1n) is 8.41. The molecule has 7 heteroatoms. The van der Waals surface area contributed by atoms with Crippen LogP contribution < -0.4 is 14.4 Å². The van der Waals surface area contributed by atoms with Crippen molar-refractivity contribution in [3.63, 3.8) is 0 Å². The molecule has 0 radical (unpaired) electrons. The van der Waals surface area contributed by atoms with Crippen molar-refractivity contribution < 1.29 is 17.9 Å². The Hall–Kier alpha value is -2.54. The molecular weight excluding hydrogens is 352 g/mol. The molecular formula is C19H22N2O4S. The van der Waals surface area contributed by atoms with Crippen molar-refractivity contribution in [1.29, 1.82) is 0 Å². The fraction of sp³-hybridized carbons (Fsp3) is 0.316. The van der Waals surface area contributed by atoms with Gasteiger partial charge < -0.3 is 10.1 Å². The van der Waals surface area contributed by atoms with Crippen molar-refractivity contribution >= 4 is 21.6 Å². The van der Waals surface area contributed by atoms with Crippen LogP contribution in [0.2, 0.25) is 0 Å². The van der Waals surface area contributed by atoms with Crippen LogP contribution in [0.15, 0.2) is 48.5 Å². The van der Waals surface area contributed by atoms with E-state index in [0.29, 0.717) is 18.0 Å². The molecule has 0 spiro atoms. The highest BCUT2D eigenvalue weighted by molar-refractivity contribution is 7.92. The standard InChI is InChI=1S/C19H22N2O4S/c1-14-6-5-7-15(12-14)13-20-19(22)18-10-11-21(26(2,23)24)16-8-3-4-9-17(16)25-18/h3-9,12,18H,10-11,13H2,1-2H3,(H,20,22). The van der Waals surface area contributed by atoms with Gasteiger partial charge in [0.2, 0.25) is 10.0 Å². The molecule has 1 aliphatic rings. The summed E-state index contributed by atoms with van der Waals surface area (Å²) in [5.74, 6) is 0.141. The molecule has 26 heavy (non-hydrogen) atoms. The van der Waals surface area contributed by atoms with Crippen molar-refractivity contribution in [3.8, 4) is 5.75 Å². The number of rotatable bonds is 4. The topological polar surface area (TPSA) is 75.7 Å². The second kappa shape index (κ2) is 7.37. The summed E-state index contributed by atoms with van der Waals surface area (Å²) in [4.78, 5) is 12.6. The molecule has 0 fully saturated rings. The molecule has 1 amide bonds. The van der Waals surface area contributed by atoms with Crippen molar-refractivity contribution in [2.45, 2.75) is 26.0 Å². The van der Waals surface area contributed by atoms with E-state index in [4.69, 9.17) is 4.74 Å². The zero-order valence-electron chi connectivity index (χ0n) is 14.8. The van der Waals surface area contributed by atoms with Gasteiger partial charge in [-0.15, -0.1) is 0 Å². The summed E-state index contributed by atoms with van der Waals surface area (Å²) in [5.41, 5.74) is 2.59.